The lowest BCUT2D eigenvalue weighted by Crippen LogP contribution is -2.37. The number of hydrogen-bond acceptors (Lipinski definition) is 8. The van der Waals surface area contributed by atoms with E-state index in [1.165, 1.54) is 289 Å². The smallest absolute Gasteiger partial charge is 0.306 e. The molecular weight excluding hydrogens is 1030 g/mol. The van der Waals surface area contributed by atoms with Crippen molar-refractivity contribution >= 4 is 19.8 Å². The first kappa shape index (κ1) is 79.5. The minimum atomic E-state index is -4.64. The Labute approximate surface area is 504 Å². The van der Waals surface area contributed by atoms with Crippen molar-refractivity contribution in [2.24, 2.45) is 0 Å². The fourth-order valence-electron chi connectivity index (χ4n) is 10.8. The van der Waals surface area contributed by atoms with Crippen molar-refractivity contribution in [2.45, 2.75) is 373 Å². The number of allylic oxidation sites excluding steroid dienone is 4. The molecule has 0 bridgehead atoms. The van der Waals surface area contributed by atoms with Gasteiger partial charge in [0, 0.05) is 12.8 Å². The van der Waals surface area contributed by atoms with E-state index in [0.29, 0.717) is 17.4 Å². The normalized spacial score (nSPS) is 13.2. The van der Waals surface area contributed by atoms with Gasteiger partial charge in [0.05, 0.1) is 27.7 Å². The summed E-state index contributed by atoms with van der Waals surface area (Å²) in [6, 6.07) is 0. The molecule has 0 saturated carbocycles. The first-order valence-electron chi connectivity index (χ1n) is 35.5. The molecule has 0 aliphatic heterocycles. The number of unbranched alkanes of at least 4 members (excludes halogenated alkanes) is 49. The second kappa shape index (κ2) is 63.0. The fraction of sp³-hybridized carbons (Fsp3) is 0.915. The van der Waals surface area contributed by atoms with Crippen LogP contribution in [-0.4, -0.2) is 70.0 Å². The number of phosphoric acid groups is 1. The predicted octanol–water partition coefficient (Wildman–Crippen LogP) is 22.3. The SMILES string of the molecule is CCCCCCC/C=C\C/C=C\CCCCCCCCCCCCCCCC(=O)OC(COC(=O)CCCCCCCCCCCCCCCCCCCCCCCCCCCCCCCCCC)COP(=O)([O-])OCC[N+](C)(C)C. The van der Waals surface area contributed by atoms with Crippen molar-refractivity contribution < 1.29 is 42.1 Å². The Morgan fingerprint density at radius 3 is 0.975 bits per heavy atom. The van der Waals surface area contributed by atoms with Gasteiger partial charge in [-0.2, -0.15) is 0 Å². The Bertz CT molecular complexity index is 1420. The summed E-state index contributed by atoms with van der Waals surface area (Å²) in [6.45, 7) is 4.30. The van der Waals surface area contributed by atoms with Crippen LogP contribution in [0.15, 0.2) is 24.3 Å². The summed E-state index contributed by atoms with van der Waals surface area (Å²) in [5, 5.41) is 0. The molecule has 0 rings (SSSR count). The van der Waals surface area contributed by atoms with E-state index in [4.69, 9.17) is 18.5 Å². The molecule has 0 aromatic rings. The maximum absolute atomic E-state index is 12.9. The molecule has 0 aromatic heterocycles. The number of phosphoric ester groups is 1. The molecule has 0 radical (unpaired) electrons. The monoisotopic (exact) mass is 1160 g/mol. The summed E-state index contributed by atoms with van der Waals surface area (Å²) in [5.41, 5.74) is 0. The molecule has 0 amide bonds. The van der Waals surface area contributed by atoms with Crippen LogP contribution in [0.5, 0.6) is 0 Å². The number of quaternary nitrogens is 1. The molecule has 81 heavy (non-hydrogen) atoms. The number of nitrogens with zero attached hydrogens (tertiary/aromatic N) is 1. The Kier molecular flexibility index (Phi) is 61.8. The molecule has 2 unspecified atom stereocenters. The average molecular weight is 1160 g/mol. The van der Waals surface area contributed by atoms with Crippen molar-refractivity contribution in [1.29, 1.82) is 0 Å². The molecule has 2 atom stereocenters. The third-order valence-electron chi connectivity index (χ3n) is 16.2. The number of hydrogen-bond donors (Lipinski definition) is 0. The molecule has 0 saturated heterocycles. The topological polar surface area (TPSA) is 111 Å². The van der Waals surface area contributed by atoms with Crippen LogP contribution in [0, 0.1) is 0 Å². The standard InChI is InChI=1S/C71H138NO8P/c1-6-8-10-12-14-16-18-20-22-24-26-28-30-32-33-34-35-36-37-38-40-41-43-45-47-49-51-53-55-57-59-61-63-70(73)77-67-69(68-79-81(75,76)78-66-65-72(3,4)5)80-71(74)64-62-60-58-56-54-52-50-48-46-44-42-39-31-29-27-25-23-21-19-17-15-13-11-9-7-2/h19,21,25,27,69H,6-18,20,22-24,26,28-68H2,1-5H3/b21-19-,27-25-. The third-order valence-corrected chi connectivity index (χ3v) is 17.2. The number of carbonyl (C=O) groups is 2. The van der Waals surface area contributed by atoms with Crippen LogP contribution in [0.4, 0.5) is 0 Å². The zero-order valence-electron chi connectivity index (χ0n) is 54.8. The quantitative estimate of drug-likeness (QED) is 0.0195. The van der Waals surface area contributed by atoms with Gasteiger partial charge >= 0.3 is 11.9 Å². The molecule has 0 aromatic carbocycles. The zero-order valence-corrected chi connectivity index (χ0v) is 55.7. The minimum absolute atomic E-state index is 0.0278. The van der Waals surface area contributed by atoms with E-state index in [2.05, 4.69) is 38.2 Å². The van der Waals surface area contributed by atoms with Crippen LogP contribution in [0.1, 0.15) is 367 Å². The molecule has 480 valence electrons. The molecule has 0 aliphatic carbocycles. The lowest BCUT2D eigenvalue weighted by Gasteiger charge is -2.28. The van der Waals surface area contributed by atoms with Crippen molar-refractivity contribution in [3.05, 3.63) is 24.3 Å². The third kappa shape index (κ3) is 67.5. The molecule has 0 N–H and O–H groups in total. The van der Waals surface area contributed by atoms with E-state index >= 15 is 0 Å². The Morgan fingerprint density at radius 2 is 0.667 bits per heavy atom. The van der Waals surface area contributed by atoms with Gasteiger partial charge in [-0.15, -0.1) is 0 Å². The summed E-state index contributed by atoms with van der Waals surface area (Å²) in [5.74, 6) is -0.812. The molecule has 0 spiro atoms. The number of likely N-dealkylation sites (N-methyl/N-ethyl adjacent to an activating group) is 1. The zero-order chi connectivity index (χ0) is 59.1. The van der Waals surface area contributed by atoms with Crippen LogP contribution in [0.2, 0.25) is 0 Å². The Hall–Kier alpha value is -1.51. The van der Waals surface area contributed by atoms with Gasteiger partial charge in [0.25, 0.3) is 7.82 Å². The second-order valence-electron chi connectivity index (χ2n) is 25.6. The highest BCUT2D eigenvalue weighted by atomic mass is 31.2. The first-order valence-corrected chi connectivity index (χ1v) is 37.0. The predicted molar refractivity (Wildman–Crippen MR) is 347 cm³/mol. The van der Waals surface area contributed by atoms with Gasteiger partial charge in [0.2, 0.25) is 0 Å². The summed E-state index contributed by atoms with van der Waals surface area (Å²) in [7, 11) is 1.19. The van der Waals surface area contributed by atoms with E-state index < -0.39 is 26.5 Å². The van der Waals surface area contributed by atoms with E-state index in [-0.39, 0.29) is 32.0 Å². The number of ether oxygens (including phenoxy) is 2. The summed E-state index contributed by atoms with van der Waals surface area (Å²) >= 11 is 0. The highest BCUT2D eigenvalue weighted by Gasteiger charge is 2.22. The Balaban J connectivity index is 3.97. The minimum Gasteiger partial charge on any atom is -0.756 e. The summed E-state index contributed by atoms with van der Waals surface area (Å²) in [6.07, 6.45) is 78.4. The largest absolute Gasteiger partial charge is 0.756 e. The van der Waals surface area contributed by atoms with Crippen molar-refractivity contribution in [1.82, 2.24) is 0 Å². The van der Waals surface area contributed by atoms with Gasteiger partial charge < -0.3 is 27.9 Å². The van der Waals surface area contributed by atoms with Crippen LogP contribution in [0.3, 0.4) is 0 Å². The van der Waals surface area contributed by atoms with Crippen LogP contribution in [-0.2, 0) is 32.7 Å². The van der Waals surface area contributed by atoms with Crippen molar-refractivity contribution in [2.75, 3.05) is 47.5 Å². The maximum atomic E-state index is 12.9. The van der Waals surface area contributed by atoms with Crippen molar-refractivity contribution in [3.8, 4) is 0 Å². The summed E-state index contributed by atoms with van der Waals surface area (Å²) < 4.78 is 34.3. The van der Waals surface area contributed by atoms with Gasteiger partial charge in [-0.25, -0.2) is 0 Å². The molecule has 0 fully saturated rings. The highest BCUT2D eigenvalue weighted by Crippen LogP contribution is 2.38. The van der Waals surface area contributed by atoms with Crippen LogP contribution < -0.4 is 4.89 Å². The molecule has 0 heterocycles. The van der Waals surface area contributed by atoms with Gasteiger partial charge in [-0.3, -0.25) is 14.2 Å². The van der Waals surface area contributed by atoms with Gasteiger partial charge in [-0.1, -0.05) is 334 Å². The van der Waals surface area contributed by atoms with E-state index in [1.807, 2.05) is 21.1 Å². The van der Waals surface area contributed by atoms with Crippen LogP contribution in [0.25, 0.3) is 0 Å². The number of rotatable bonds is 67. The second-order valence-corrected chi connectivity index (χ2v) is 27.0. The molecule has 0 aliphatic rings. The van der Waals surface area contributed by atoms with Crippen molar-refractivity contribution in [3.63, 3.8) is 0 Å². The molecular formula is C71H138NO8P. The lowest BCUT2D eigenvalue weighted by molar-refractivity contribution is -0.870. The molecule has 9 nitrogen and oxygen atoms in total. The van der Waals surface area contributed by atoms with Gasteiger partial charge in [0.15, 0.2) is 6.10 Å². The summed E-state index contributed by atoms with van der Waals surface area (Å²) in [4.78, 5) is 38.1. The van der Waals surface area contributed by atoms with Gasteiger partial charge in [-0.05, 0) is 44.9 Å². The first-order chi connectivity index (χ1) is 39.5. The van der Waals surface area contributed by atoms with Gasteiger partial charge in [0.1, 0.15) is 19.8 Å². The fourth-order valence-corrected chi connectivity index (χ4v) is 11.5. The molecule has 10 heteroatoms. The lowest BCUT2D eigenvalue weighted by atomic mass is 10.0. The number of carbonyl (C=O) groups excluding carboxylic acids is 2. The van der Waals surface area contributed by atoms with Crippen LogP contribution >= 0.6 is 7.82 Å². The maximum Gasteiger partial charge on any atom is 0.306 e. The van der Waals surface area contributed by atoms with E-state index in [1.54, 1.807) is 0 Å². The number of esters is 2. The average Bonchev–Trinajstić information content (AvgIpc) is 3.43. The highest BCUT2D eigenvalue weighted by molar-refractivity contribution is 7.45. The van der Waals surface area contributed by atoms with E-state index in [0.717, 1.165) is 44.9 Å². The van der Waals surface area contributed by atoms with E-state index in [9.17, 15) is 19.0 Å². The Morgan fingerprint density at radius 1 is 0.383 bits per heavy atom.